The van der Waals surface area contributed by atoms with Crippen LogP contribution in [0.15, 0.2) is 78.9 Å². The zero-order chi connectivity index (χ0) is 38.6. The highest BCUT2D eigenvalue weighted by Crippen LogP contribution is 2.53. The van der Waals surface area contributed by atoms with Crippen molar-refractivity contribution in [2.45, 2.75) is 81.8 Å². The van der Waals surface area contributed by atoms with Crippen LogP contribution in [0.4, 0.5) is 0 Å². The Labute approximate surface area is 324 Å². The SMILES string of the molecule is [B][C@H]1CC(OC(C)C)[C@@H](COP(=O)(OC#CC#CC#CCl)OC2C[C@H](C)O[C@@H]2COC(c2ccccc2)(c2ccc(OC)cc2)c2ccc(OC)cc2)O1. The average molecular weight is 773 g/mol. The van der Waals surface area contributed by atoms with Crippen molar-refractivity contribution in [3.05, 3.63) is 95.6 Å². The van der Waals surface area contributed by atoms with Gasteiger partial charge in [0.25, 0.3) is 0 Å². The molecule has 2 fully saturated rings. The lowest BCUT2D eigenvalue weighted by molar-refractivity contribution is -0.0825. The second-order valence-corrected chi connectivity index (χ2v) is 14.6. The molecule has 2 heterocycles. The van der Waals surface area contributed by atoms with Gasteiger partial charge in [-0.05, 0) is 79.7 Å². The van der Waals surface area contributed by atoms with Crippen molar-refractivity contribution in [3.63, 3.8) is 0 Å². The van der Waals surface area contributed by atoms with E-state index in [1.807, 2.05) is 99.6 Å². The number of rotatable bonds is 16. The molecule has 2 aliphatic heterocycles. The molecule has 0 aliphatic carbocycles. The molecule has 0 amide bonds. The van der Waals surface area contributed by atoms with Crippen LogP contribution in [0.3, 0.4) is 0 Å². The smallest absolute Gasteiger partial charge is 0.497 e. The highest BCUT2D eigenvalue weighted by molar-refractivity contribution is 7.48. The maximum Gasteiger partial charge on any atom is 0.539 e. The number of methoxy groups -OCH3 is 2. The lowest BCUT2D eigenvalue weighted by Crippen LogP contribution is -2.38. The van der Waals surface area contributed by atoms with Crippen molar-refractivity contribution in [1.29, 1.82) is 0 Å². The number of halogens is 1. The molecule has 2 radical (unpaired) electrons. The first-order valence-corrected chi connectivity index (χ1v) is 19.4. The number of phosphoric acid groups is 1. The Morgan fingerprint density at radius 1 is 0.815 bits per heavy atom. The average Bonchev–Trinajstić information content (AvgIpc) is 3.71. The molecule has 7 atom stereocenters. The Morgan fingerprint density at radius 3 is 2.00 bits per heavy atom. The van der Waals surface area contributed by atoms with Gasteiger partial charge in [0.05, 0.1) is 45.7 Å². The predicted molar refractivity (Wildman–Crippen MR) is 205 cm³/mol. The maximum absolute atomic E-state index is 14.3. The second-order valence-electron chi connectivity index (χ2n) is 12.9. The van der Waals surface area contributed by atoms with Gasteiger partial charge in [0, 0.05) is 41.5 Å². The molecule has 0 aromatic heterocycles. The first kappa shape index (κ1) is 41.3. The van der Waals surface area contributed by atoms with Crippen LogP contribution in [0.5, 0.6) is 11.5 Å². The van der Waals surface area contributed by atoms with E-state index >= 15 is 0 Å². The van der Waals surface area contributed by atoms with E-state index in [1.165, 1.54) is 0 Å². The molecule has 10 nitrogen and oxygen atoms in total. The Balaban J connectivity index is 1.45. The van der Waals surface area contributed by atoms with Gasteiger partial charge in [-0.2, -0.15) is 0 Å². The minimum absolute atomic E-state index is 0.0150. The predicted octanol–water partition coefficient (Wildman–Crippen LogP) is 6.96. The summed E-state index contributed by atoms with van der Waals surface area (Å²) in [5, 5.41) is 2.13. The van der Waals surface area contributed by atoms with Crippen LogP contribution in [-0.4, -0.2) is 77.9 Å². The minimum Gasteiger partial charge on any atom is -0.497 e. The van der Waals surface area contributed by atoms with Crippen molar-refractivity contribution < 1.29 is 46.6 Å². The molecule has 0 N–H and O–H groups in total. The zero-order valence-electron chi connectivity index (χ0n) is 30.9. The van der Waals surface area contributed by atoms with Crippen molar-refractivity contribution in [2.75, 3.05) is 27.4 Å². The van der Waals surface area contributed by atoms with Crippen molar-refractivity contribution >= 4 is 27.3 Å². The van der Waals surface area contributed by atoms with Crippen LogP contribution in [0.25, 0.3) is 0 Å². The molecular weight excluding hydrogens is 730 g/mol. The van der Waals surface area contributed by atoms with E-state index in [-0.39, 0.29) is 25.4 Å². The first-order valence-electron chi connectivity index (χ1n) is 17.5. The molecule has 2 aliphatic rings. The summed E-state index contributed by atoms with van der Waals surface area (Å²) in [4.78, 5) is 0. The lowest BCUT2D eigenvalue weighted by atomic mass is 9.80. The summed E-state index contributed by atoms with van der Waals surface area (Å²) in [6.07, 6.45) is 0.209. The number of ether oxygens (including phenoxy) is 6. The highest BCUT2D eigenvalue weighted by atomic mass is 35.5. The third-order valence-electron chi connectivity index (χ3n) is 8.80. The van der Waals surface area contributed by atoms with Gasteiger partial charge in [0.1, 0.15) is 49.4 Å². The molecule has 3 aromatic carbocycles. The van der Waals surface area contributed by atoms with E-state index < -0.39 is 43.8 Å². The van der Waals surface area contributed by atoms with Crippen molar-refractivity contribution in [3.8, 4) is 46.7 Å². The van der Waals surface area contributed by atoms with Crippen LogP contribution in [0, 0.1) is 35.2 Å². The molecule has 13 heteroatoms. The molecule has 0 spiro atoms. The summed E-state index contributed by atoms with van der Waals surface area (Å²) < 4.78 is 68.1. The van der Waals surface area contributed by atoms with E-state index in [2.05, 4.69) is 35.2 Å². The fraction of sp³-hybridized carbons (Fsp3) is 0.415. The first-order chi connectivity index (χ1) is 26.1. The van der Waals surface area contributed by atoms with Crippen LogP contribution in [0.1, 0.15) is 50.3 Å². The number of hydrogen-bond acceptors (Lipinski definition) is 10. The van der Waals surface area contributed by atoms with Crippen molar-refractivity contribution in [2.24, 2.45) is 0 Å². The Hall–Kier alpha value is -3.92. The number of benzene rings is 3. The van der Waals surface area contributed by atoms with Crippen LogP contribution in [0.2, 0.25) is 0 Å². The van der Waals surface area contributed by atoms with Crippen LogP contribution < -0.4 is 9.47 Å². The molecule has 3 aromatic rings. The molecule has 282 valence electrons. The molecule has 2 saturated heterocycles. The Morgan fingerprint density at radius 2 is 1.41 bits per heavy atom. The van der Waals surface area contributed by atoms with Gasteiger partial charge in [-0.3, -0.25) is 9.05 Å². The molecule has 0 bridgehead atoms. The summed E-state index contributed by atoms with van der Waals surface area (Å²) in [6, 6.07) is 24.7. The van der Waals surface area contributed by atoms with Crippen LogP contribution in [-0.2, 0) is 42.7 Å². The van der Waals surface area contributed by atoms with Gasteiger partial charge in [-0.25, -0.2) is 4.57 Å². The number of hydrogen-bond donors (Lipinski definition) is 0. The summed E-state index contributed by atoms with van der Waals surface area (Å²) in [6.45, 7) is 5.52. The molecular formula is C41H43BClO10P. The largest absolute Gasteiger partial charge is 0.539 e. The Kier molecular flexibility index (Phi) is 15.0. The third-order valence-corrected chi connectivity index (χ3v) is 10.2. The van der Waals surface area contributed by atoms with Gasteiger partial charge in [-0.15, -0.1) is 0 Å². The van der Waals surface area contributed by atoms with E-state index in [9.17, 15) is 4.57 Å². The standard InChI is InChI=1S/C41H43BClO10P/c1-29(2)50-36-26-40(42)52-39(36)28-49-54(44,48-24-12-7-6-11-23-43)53-37-25-30(3)51-38(37)27-47-41(31-13-9-8-10-14-31,32-15-19-34(45-4)20-16-32)33-17-21-35(46-5)22-18-33/h8-10,13-22,29-30,36-40H,25-28H2,1-5H3/t30-,36?,37?,38+,39+,40+,54?/m0/s1. The van der Waals surface area contributed by atoms with E-state index in [0.29, 0.717) is 24.3 Å². The highest BCUT2D eigenvalue weighted by Gasteiger charge is 2.46. The normalized spacial score (nSPS) is 23.2. The second kappa shape index (κ2) is 19.6. The summed E-state index contributed by atoms with van der Waals surface area (Å²) in [5.41, 5.74) is 1.41. The van der Waals surface area contributed by atoms with Gasteiger partial charge in [-0.1, -0.05) is 54.6 Å². The summed E-state index contributed by atoms with van der Waals surface area (Å²) >= 11 is 5.36. The van der Waals surface area contributed by atoms with Gasteiger partial charge in [0.2, 0.25) is 0 Å². The maximum atomic E-state index is 14.3. The fourth-order valence-electron chi connectivity index (χ4n) is 6.45. The van der Waals surface area contributed by atoms with Gasteiger partial charge in [0.15, 0.2) is 0 Å². The molecule has 3 unspecified atom stereocenters. The molecule has 0 saturated carbocycles. The monoisotopic (exact) mass is 772 g/mol. The van der Waals surface area contributed by atoms with Gasteiger partial charge >= 0.3 is 7.82 Å². The minimum atomic E-state index is -4.42. The zero-order valence-corrected chi connectivity index (χ0v) is 32.5. The van der Waals surface area contributed by atoms with E-state index in [0.717, 1.165) is 16.7 Å². The van der Waals surface area contributed by atoms with E-state index in [1.54, 1.807) is 14.2 Å². The summed E-state index contributed by atoms with van der Waals surface area (Å²) in [7, 11) is 4.88. The van der Waals surface area contributed by atoms with Crippen molar-refractivity contribution in [1.82, 2.24) is 0 Å². The fourth-order valence-corrected chi connectivity index (χ4v) is 7.69. The van der Waals surface area contributed by atoms with E-state index in [4.69, 9.17) is 61.4 Å². The summed E-state index contributed by atoms with van der Waals surface area (Å²) in [5.74, 6) is 11.1. The number of phosphoric ester groups is 1. The molecule has 54 heavy (non-hydrogen) atoms. The lowest BCUT2D eigenvalue weighted by Gasteiger charge is -2.37. The molecule has 5 rings (SSSR count). The Bertz CT molecular complexity index is 1850. The van der Waals surface area contributed by atoms with Gasteiger partial charge < -0.3 is 32.9 Å². The topological polar surface area (TPSA) is 100 Å². The third kappa shape index (κ3) is 10.6. The van der Waals surface area contributed by atoms with Crippen LogP contribution >= 0.6 is 19.4 Å². The quantitative estimate of drug-likeness (QED) is 0.0658.